The van der Waals surface area contributed by atoms with Gasteiger partial charge in [-0.15, -0.1) is 11.8 Å². The van der Waals surface area contributed by atoms with Crippen LogP contribution in [0.15, 0.2) is 24.3 Å². The minimum atomic E-state index is -1.16. The molecule has 3 N–H and O–H groups in total. The van der Waals surface area contributed by atoms with E-state index in [1.54, 1.807) is 31.2 Å². The molecule has 0 aliphatic carbocycles. The zero-order valence-corrected chi connectivity index (χ0v) is 11.3. The van der Waals surface area contributed by atoms with Crippen molar-refractivity contribution in [2.75, 3.05) is 5.75 Å². The summed E-state index contributed by atoms with van der Waals surface area (Å²) in [5, 5.41) is 23.1. The van der Waals surface area contributed by atoms with Crippen LogP contribution in [0.4, 0.5) is 0 Å². The van der Waals surface area contributed by atoms with Gasteiger partial charge in [0.15, 0.2) is 4.93 Å². The van der Waals surface area contributed by atoms with Crippen LogP contribution in [-0.2, 0) is 9.73 Å². The maximum Gasteiger partial charge on any atom is 0.321 e. The lowest BCUT2D eigenvalue weighted by molar-refractivity contribution is -0.139. The molecule has 98 valence electrons. The Kier molecular flexibility index (Phi) is 3.87. The Balaban J connectivity index is 2.25. The average Bonchev–Trinajstić information content (AvgIpc) is 2.32. The van der Waals surface area contributed by atoms with Gasteiger partial charge in [0, 0.05) is 16.8 Å². The quantitative estimate of drug-likeness (QED) is 0.772. The lowest BCUT2D eigenvalue weighted by Gasteiger charge is -2.40. The number of carboxylic acid groups (broad SMARTS) is 1. The van der Waals surface area contributed by atoms with Crippen LogP contribution in [0.25, 0.3) is 0 Å². The Labute approximate surface area is 114 Å². The molecule has 1 aromatic rings. The van der Waals surface area contributed by atoms with E-state index >= 15 is 0 Å². The summed E-state index contributed by atoms with van der Waals surface area (Å²) < 4.78 is 0. The van der Waals surface area contributed by atoms with E-state index in [2.05, 4.69) is 5.32 Å². The number of thioether (sulfide) groups is 1. The predicted octanol–water partition coefficient (Wildman–Crippen LogP) is 1.66. The normalized spacial score (nSPS) is 32.2. The zero-order chi connectivity index (χ0) is 13.3. The molecule has 3 atom stereocenters. The molecule has 4 nitrogen and oxygen atoms in total. The van der Waals surface area contributed by atoms with Crippen molar-refractivity contribution in [3.8, 4) is 0 Å². The van der Waals surface area contributed by atoms with Gasteiger partial charge in [-0.1, -0.05) is 23.7 Å². The summed E-state index contributed by atoms with van der Waals surface area (Å²) in [6, 6.07) is 5.98. The summed E-state index contributed by atoms with van der Waals surface area (Å²) in [5.41, 5.74) is 0.684. The Morgan fingerprint density at radius 1 is 1.61 bits per heavy atom. The molecule has 1 aliphatic rings. The topological polar surface area (TPSA) is 69.6 Å². The fourth-order valence-electron chi connectivity index (χ4n) is 1.99. The molecule has 0 spiro atoms. The fourth-order valence-corrected chi connectivity index (χ4v) is 3.45. The molecule has 1 heterocycles. The maximum absolute atomic E-state index is 10.9. The van der Waals surface area contributed by atoms with E-state index in [0.717, 1.165) is 0 Å². The van der Waals surface area contributed by atoms with Gasteiger partial charge in [0.2, 0.25) is 0 Å². The van der Waals surface area contributed by atoms with Crippen molar-refractivity contribution in [1.29, 1.82) is 0 Å². The summed E-state index contributed by atoms with van der Waals surface area (Å²) in [5.74, 6) is -0.592. The van der Waals surface area contributed by atoms with Gasteiger partial charge in [-0.3, -0.25) is 10.1 Å². The first-order valence-electron chi connectivity index (χ1n) is 5.54. The van der Waals surface area contributed by atoms with Crippen LogP contribution in [0.3, 0.4) is 0 Å². The first-order chi connectivity index (χ1) is 8.43. The fraction of sp³-hybridized carbons (Fsp3) is 0.417. The molecule has 0 saturated carbocycles. The highest BCUT2D eigenvalue weighted by Gasteiger charge is 2.43. The molecule has 0 amide bonds. The molecule has 1 aromatic carbocycles. The van der Waals surface area contributed by atoms with E-state index in [9.17, 15) is 9.90 Å². The number of halogens is 1. The van der Waals surface area contributed by atoms with Crippen LogP contribution >= 0.6 is 23.4 Å². The molecular weight excluding hydrogens is 274 g/mol. The first kappa shape index (κ1) is 13.7. The SMILES string of the molecule is CC1N[C@H](C(=O)O)CSC1(O)c1cccc(Cl)c1. The number of benzene rings is 1. The third kappa shape index (κ3) is 2.49. The van der Waals surface area contributed by atoms with Crippen molar-refractivity contribution < 1.29 is 15.0 Å². The van der Waals surface area contributed by atoms with Crippen LogP contribution in [0, 0.1) is 0 Å². The van der Waals surface area contributed by atoms with Gasteiger partial charge < -0.3 is 10.2 Å². The Morgan fingerprint density at radius 3 is 2.89 bits per heavy atom. The second-order valence-electron chi connectivity index (χ2n) is 4.30. The van der Waals surface area contributed by atoms with Gasteiger partial charge in [-0.2, -0.15) is 0 Å². The minimum Gasteiger partial charge on any atom is -0.480 e. The molecule has 0 aromatic heterocycles. The smallest absolute Gasteiger partial charge is 0.321 e. The van der Waals surface area contributed by atoms with Gasteiger partial charge in [0.25, 0.3) is 0 Å². The molecule has 0 radical (unpaired) electrons. The van der Waals surface area contributed by atoms with Crippen molar-refractivity contribution >= 4 is 29.3 Å². The zero-order valence-electron chi connectivity index (χ0n) is 9.76. The standard InChI is InChI=1S/C12H14ClNO3S/c1-7-12(17,8-3-2-4-9(13)5-8)18-6-10(14-7)11(15)16/h2-5,7,10,14,17H,6H2,1H3,(H,15,16)/t7?,10-,12?/m0/s1. The first-order valence-corrected chi connectivity index (χ1v) is 6.91. The number of aliphatic hydroxyl groups is 1. The van der Waals surface area contributed by atoms with Crippen LogP contribution in [0.2, 0.25) is 5.02 Å². The lowest BCUT2D eigenvalue weighted by Crippen LogP contribution is -2.56. The largest absolute Gasteiger partial charge is 0.480 e. The van der Waals surface area contributed by atoms with Crippen molar-refractivity contribution in [1.82, 2.24) is 5.32 Å². The number of hydrogen-bond acceptors (Lipinski definition) is 4. The van der Waals surface area contributed by atoms with Crippen molar-refractivity contribution in [3.05, 3.63) is 34.9 Å². The molecule has 18 heavy (non-hydrogen) atoms. The Hall–Kier alpha value is -0.750. The Morgan fingerprint density at radius 2 is 2.33 bits per heavy atom. The molecule has 0 bridgehead atoms. The summed E-state index contributed by atoms with van der Waals surface area (Å²) in [4.78, 5) is 9.77. The number of aliphatic carboxylic acids is 1. The molecule has 6 heteroatoms. The monoisotopic (exact) mass is 287 g/mol. The van der Waals surface area contributed by atoms with Crippen molar-refractivity contribution in [2.24, 2.45) is 0 Å². The predicted molar refractivity (Wildman–Crippen MR) is 71.8 cm³/mol. The van der Waals surface area contributed by atoms with Crippen LogP contribution in [-0.4, -0.2) is 34.0 Å². The van der Waals surface area contributed by atoms with Crippen LogP contribution < -0.4 is 5.32 Å². The molecule has 1 fully saturated rings. The van der Waals surface area contributed by atoms with Crippen molar-refractivity contribution in [2.45, 2.75) is 23.9 Å². The van der Waals surface area contributed by atoms with Gasteiger partial charge in [-0.25, -0.2) is 0 Å². The van der Waals surface area contributed by atoms with E-state index in [1.165, 1.54) is 11.8 Å². The number of rotatable bonds is 2. The third-order valence-corrected chi connectivity index (χ3v) is 4.81. The van der Waals surface area contributed by atoms with Gasteiger partial charge >= 0.3 is 5.97 Å². The number of hydrogen-bond donors (Lipinski definition) is 3. The summed E-state index contributed by atoms with van der Waals surface area (Å²) in [7, 11) is 0. The minimum absolute atomic E-state index is 0.308. The highest BCUT2D eigenvalue weighted by atomic mass is 35.5. The van der Waals surface area contributed by atoms with E-state index in [1.807, 2.05) is 0 Å². The maximum atomic E-state index is 10.9. The highest BCUT2D eigenvalue weighted by Crippen LogP contribution is 2.41. The summed E-state index contributed by atoms with van der Waals surface area (Å²) in [6.45, 7) is 1.77. The summed E-state index contributed by atoms with van der Waals surface area (Å²) in [6.07, 6.45) is 0. The molecule has 2 rings (SSSR count). The average molecular weight is 288 g/mol. The van der Waals surface area contributed by atoms with Gasteiger partial charge in [0.05, 0.1) is 0 Å². The number of nitrogens with one attached hydrogen (secondary N) is 1. The van der Waals surface area contributed by atoms with Crippen LogP contribution in [0.5, 0.6) is 0 Å². The van der Waals surface area contributed by atoms with Gasteiger partial charge in [0.1, 0.15) is 6.04 Å². The molecular formula is C12H14ClNO3S. The summed E-state index contributed by atoms with van der Waals surface area (Å²) >= 11 is 7.14. The number of carboxylic acids is 1. The molecule has 2 unspecified atom stereocenters. The Bertz CT molecular complexity index is 470. The van der Waals surface area contributed by atoms with E-state index in [-0.39, 0.29) is 6.04 Å². The van der Waals surface area contributed by atoms with E-state index in [0.29, 0.717) is 16.3 Å². The number of carbonyl (C=O) groups is 1. The third-order valence-electron chi connectivity index (χ3n) is 3.04. The second-order valence-corrected chi connectivity index (χ2v) is 5.98. The second kappa shape index (κ2) is 5.09. The van der Waals surface area contributed by atoms with E-state index in [4.69, 9.17) is 16.7 Å². The van der Waals surface area contributed by atoms with E-state index < -0.39 is 16.9 Å². The molecule has 1 aliphatic heterocycles. The van der Waals surface area contributed by atoms with Crippen LogP contribution in [0.1, 0.15) is 12.5 Å². The molecule has 1 saturated heterocycles. The highest BCUT2D eigenvalue weighted by molar-refractivity contribution is 8.00. The van der Waals surface area contributed by atoms with Crippen molar-refractivity contribution in [3.63, 3.8) is 0 Å². The lowest BCUT2D eigenvalue weighted by atomic mass is 10.0. The van der Waals surface area contributed by atoms with Gasteiger partial charge in [-0.05, 0) is 24.6 Å².